The first kappa shape index (κ1) is 14.4. The van der Waals surface area contributed by atoms with Crippen LogP contribution in [0.25, 0.3) is 0 Å². The Balaban J connectivity index is 0.00000289. The zero-order valence-electron chi connectivity index (χ0n) is 10.9. The minimum absolute atomic E-state index is 0. The Bertz CT molecular complexity index is 223. The fraction of sp³-hybridized carbons (Fsp3) is 0.917. The maximum Gasteiger partial charge on any atom is 0.224 e. The minimum Gasteiger partial charge on any atom is -0.379 e. The van der Waals surface area contributed by atoms with Gasteiger partial charge in [0.1, 0.15) is 0 Å². The van der Waals surface area contributed by atoms with Crippen LogP contribution in [0, 0.1) is 5.92 Å². The zero-order chi connectivity index (χ0) is 12.5. The van der Waals surface area contributed by atoms with Gasteiger partial charge >= 0.3 is 0 Å². The SMILES string of the molecule is CNCCOCCOCCC(=O)N1CC(C)C1.[HH]. The molecule has 0 aliphatic carbocycles. The lowest BCUT2D eigenvalue weighted by Gasteiger charge is -2.37. The Labute approximate surface area is 105 Å². The van der Waals surface area contributed by atoms with Crippen LogP contribution in [0.1, 0.15) is 14.8 Å². The molecule has 0 aromatic rings. The first-order valence-corrected chi connectivity index (χ1v) is 6.32. The highest BCUT2D eigenvalue weighted by atomic mass is 16.5. The summed E-state index contributed by atoms with van der Waals surface area (Å²) < 4.78 is 10.6. The van der Waals surface area contributed by atoms with Gasteiger partial charge in [0, 0.05) is 21.1 Å². The Hall–Kier alpha value is -0.650. The molecule has 0 bridgehead atoms. The van der Waals surface area contributed by atoms with E-state index in [0.717, 1.165) is 19.6 Å². The maximum absolute atomic E-state index is 11.6. The summed E-state index contributed by atoms with van der Waals surface area (Å²) in [7, 11) is 1.89. The van der Waals surface area contributed by atoms with E-state index in [0.29, 0.717) is 38.8 Å². The van der Waals surface area contributed by atoms with Gasteiger partial charge < -0.3 is 19.7 Å². The highest BCUT2D eigenvalue weighted by molar-refractivity contribution is 5.77. The quantitative estimate of drug-likeness (QED) is 0.597. The molecule has 1 rings (SSSR count). The maximum atomic E-state index is 11.6. The second kappa shape index (κ2) is 8.44. The van der Waals surface area contributed by atoms with E-state index in [1.165, 1.54) is 0 Å². The predicted molar refractivity (Wildman–Crippen MR) is 68.0 cm³/mol. The summed E-state index contributed by atoms with van der Waals surface area (Å²) in [6, 6.07) is 0. The molecule has 1 aliphatic rings. The van der Waals surface area contributed by atoms with Crippen molar-refractivity contribution in [3.8, 4) is 0 Å². The van der Waals surface area contributed by atoms with Crippen molar-refractivity contribution < 1.29 is 15.7 Å². The van der Waals surface area contributed by atoms with E-state index in [2.05, 4.69) is 12.2 Å². The van der Waals surface area contributed by atoms with Crippen molar-refractivity contribution >= 4 is 5.91 Å². The average molecular weight is 246 g/mol. The van der Waals surface area contributed by atoms with Gasteiger partial charge in [-0.3, -0.25) is 4.79 Å². The van der Waals surface area contributed by atoms with Gasteiger partial charge in [0.15, 0.2) is 0 Å². The van der Waals surface area contributed by atoms with Crippen LogP contribution in [0.4, 0.5) is 0 Å². The monoisotopic (exact) mass is 246 g/mol. The van der Waals surface area contributed by atoms with Crippen LogP contribution in [0.5, 0.6) is 0 Å². The lowest BCUT2D eigenvalue weighted by Crippen LogP contribution is -2.48. The third kappa shape index (κ3) is 6.00. The zero-order valence-corrected chi connectivity index (χ0v) is 10.9. The predicted octanol–water partition coefficient (Wildman–Crippen LogP) is 0.353. The number of carbonyl (C=O) groups excluding carboxylic acids is 1. The molecule has 5 nitrogen and oxygen atoms in total. The van der Waals surface area contributed by atoms with Crippen LogP contribution in [-0.4, -0.2) is 63.9 Å². The highest BCUT2D eigenvalue weighted by Gasteiger charge is 2.26. The molecular weight excluding hydrogens is 220 g/mol. The number of likely N-dealkylation sites (N-methyl/N-ethyl adjacent to an activating group) is 1. The van der Waals surface area contributed by atoms with E-state index in [4.69, 9.17) is 9.47 Å². The van der Waals surface area contributed by atoms with Gasteiger partial charge in [0.05, 0.1) is 32.8 Å². The molecule has 1 amide bonds. The summed E-state index contributed by atoms with van der Waals surface area (Å²) >= 11 is 0. The fourth-order valence-corrected chi connectivity index (χ4v) is 1.72. The Kier molecular flexibility index (Phi) is 7.16. The van der Waals surface area contributed by atoms with Crippen LogP contribution in [-0.2, 0) is 14.3 Å². The Morgan fingerprint density at radius 2 is 1.94 bits per heavy atom. The highest BCUT2D eigenvalue weighted by Crippen LogP contribution is 2.14. The van der Waals surface area contributed by atoms with Crippen LogP contribution in [0.15, 0.2) is 0 Å². The first-order valence-electron chi connectivity index (χ1n) is 6.32. The third-order valence-corrected chi connectivity index (χ3v) is 2.75. The topological polar surface area (TPSA) is 50.8 Å². The number of nitrogens with zero attached hydrogens (tertiary/aromatic N) is 1. The molecule has 1 saturated heterocycles. The molecule has 1 N–H and O–H groups in total. The summed E-state index contributed by atoms with van der Waals surface area (Å²) in [6.45, 7) is 7.18. The molecule has 0 atom stereocenters. The van der Waals surface area contributed by atoms with Crippen molar-refractivity contribution in [2.24, 2.45) is 5.92 Å². The lowest BCUT2D eigenvalue weighted by atomic mass is 10.0. The number of likely N-dealkylation sites (tertiary alicyclic amines) is 1. The van der Waals surface area contributed by atoms with Crippen LogP contribution < -0.4 is 5.32 Å². The molecule has 1 aliphatic heterocycles. The van der Waals surface area contributed by atoms with Crippen molar-refractivity contribution in [3.05, 3.63) is 0 Å². The molecule has 0 radical (unpaired) electrons. The van der Waals surface area contributed by atoms with Crippen LogP contribution in [0.2, 0.25) is 0 Å². The first-order chi connectivity index (χ1) is 8.24. The van der Waals surface area contributed by atoms with Crippen LogP contribution >= 0.6 is 0 Å². The van der Waals surface area contributed by atoms with E-state index in [9.17, 15) is 4.79 Å². The number of amides is 1. The summed E-state index contributed by atoms with van der Waals surface area (Å²) in [5.74, 6) is 0.875. The molecule has 1 fully saturated rings. The number of hydrogen-bond donors (Lipinski definition) is 1. The summed E-state index contributed by atoms with van der Waals surface area (Å²) in [4.78, 5) is 13.4. The molecule has 0 spiro atoms. The van der Waals surface area contributed by atoms with E-state index >= 15 is 0 Å². The van der Waals surface area contributed by atoms with Gasteiger partial charge in [-0.2, -0.15) is 0 Å². The van der Waals surface area contributed by atoms with E-state index in [-0.39, 0.29) is 7.33 Å². The molecule has 0 aromatic heterocycles. The standard InChI is InChI=1S/C12H24N2O3.H2/c1-11-9-14(10-11)12(15)3-5-16-7-8-17-6-4-13-2;/h11,13H,3-10H2,1-2H3;1H. The van der Waals surface area contributed by atoms with E-state index in [1.807, 2.05) is 11.9 Å². The van der Waals surface area contributed by atoms with E-state index in [1.54, 1.807) is 0 Å². The summed E-state index contributed by atoms with van der Waals surface area (Å²) in [6.07, 6.45) is 0.489. The smallest absolute Gasteiger partial charge is 0.224 e. The molecule has 0 saturated carbocycles. The number of hydrogen-bond acceptors (Lipinski definition) is 4. The van der Waals surface area contributed by atoms with Gasteiger partial charge in [0.25, 0.3) is 0 Å². The Morgan fingerprint density at radius 3 is 2.53 bits per heavy atom. The molecule has 0 unspecified atom stereocenters. The summed E-state index contributed by atoms with van der Waals surface area (Å²) in [5.41, 5.74) is 0. The van der Waals surface area contributed by atoms with Gasteiger partial charge in [-0.1, -0.05) is 6.92 Å². The van der Waals surface area contributed by atoms with Gasteiger partial charge in [-0.25, -0.2) is 0 Å². The van der Waals surface area contributed by atoms with Crippen molar-refractivity contribution in [2.75, 3.05) is 53.1 Å². The molecule has 102 valence electrons. The molecule has 5 heteroatoms. The summed E-state index contributed by atoms with van der Waals surface area (Å²) in [5, 5.41) is 3.00. The average Bonchev–Trinajstić information content (AvgIpc) is 2.28. The molecule has 17 heavy (non-hydrogen) atoms. The molecule has 0 aromatic carbocycles. The number of nitrogens with one attached hydrogen (secondary N) is 1. The van der Waals surface area contributed by atoms with Crippen molar-refractivity contribution in [1.82, 2.24) is 10.2 Å². The number of ether oxygens (including phenoxy) is 2. The second-order valence-corrected chi connectivity index (χ2v) is 4.48. The van der Waals surface area contributed by atoms with Crippen LogP contribution in [0.3, 0.4) is 0 Å². The van der Waals surface area contributed by atoms with Gasteiger partial charge in [-0.15, -0.1) is 0 Å². The van der Waals surface area contributed by atoms with Crippen molar-refractivity contribution in [3.63, 3.8) is 0 Å². The Morgan fingerprint density at radius 1 is 1.29 bits per heavy atom. The molecule has 1 heterocycles. The van der Waals surface area contributed by atoms with Crippen molar-refractivity contribution in [2.45, 2.75) is 13.3 Å². The minimum atomic E-state index is 0. The van der Waals surface area contributed by atoms with Crippen molar-refractivity contribution in [1.29, 1.82) is 0 Å². The third-order valence-electron chi connectivity index (χ3n) is 2.75. The van der Waals surface area contributed by atoms with Gasteiger partial charge in [-0.05, 0) is 13.0 Å². The number of rotatable bonds is 9. The van der Waals surface area contributed by atoms with E-state index < -0.39 is 0 Å². The fourth-order valence-electron chi connectivity index (χ4n) is 1.72. The molecular formula is C12H26N2O3. The normalized spacial score (nSPS) is 16.0. The second-order valence-electron chi connectivity index (χ2n) is 4.48. The largest absolute Gasteiger partial charge is 0.379 e. The van der Waals surface area contributed by atoms with Gasteiger partial charge in [0.2, 0.25) is 5.91 Å². The number of carbonyl (C=O) groups is 1. The lowest BCUT2D eigenvalue weighted by molar-refractivity contribution is -0.138.